The van der Waals surface area contributed by atoms with Gasteiger partial charge in [-0.3, -0.25) is 0 Å². The molecule has 2 aliphatic rings. The lowest BCUT2D eigenvalue weighted by Gasteiger charge is -2.36. The van der Waals surface area contributed by atoms with Crippen LogP contribution in [-0.2, 0) is 6.61 Å². The molecule has 0 bridgehead atoms. The van der Waals surface area contributed by atoms with Gasteiger partial charge < -0.3 is 24.5 Å². The van der Waals surface area contributed by atoms with Gasteiger partial charge in [0, 0.05) is 48.8 Å². The molecule has 1 saturated carbocycles. The second kappa shape index (κ2) is 10.5. The second-order valence-corrected chi connectivity index (χ2v) is 10.2. The molecule has 1 atom stereocenters. The van der Waals surface area contributed by atoms with Crippen molar-refractivity contribution in [1.82, 2.24) is 14.7 Å². The summed E-state index contributed by atoms with van der Waals surface area (Å²) in [6.07, 6.45) is 13.5. The number of aromatic nitrogens is 2. The number of ether oxygens (including phenoxy) is 1. The van der Waals surface area contributed by atoms with Gasteiger partial charge in [-0.15, -0.1) is 0 Å². The lowest BCUT2D eigenvalue weighted by molar-refractivity contribution is 0.281. The highest BCUT2D eigenvalue weighted by Crippen LogP contribution is 2.34. The molecular formula is C27H35ClN4O2. The van der Waals surface area contributed by atoms with Gasteiger partial charge in [0.2, 0.25) is 0 Å². The van der Waals surface area contributed by atoms with Crippen LogP contribution in [0.15, 0.2) is 36.7 Å². The largest absolute Gasteiger partial charge is 0.495 e. The molecule has 0 unspecified atom stereocenters. The topological polar surface area (TPSA) is 62.0 Å². The molecular weight excluding hydrogens is 448 g/mol. The predicted molar refractivity (Wildman–Crippen MR) is 138 cm³/mol. The number of benzene rings is 1. The van der Waals surface area contributed by atoms with E-state index in [-0.39, 0.29) is 6.61 Å². The molecule has 5 rings (SSSR count). The normalized spacial score (nSPS) is 19.6. The van der Waals surface area contributed by atoms with Crippen LogP contribution in [0.4, 0.5) is 5.69 Å². The maximum absolute atomic E-state index is 9.89. The lowest BCUT2D eigenvalue weighted by Crippen LogP contribution is -2.47. The number of hydrogen-bond donors (Lipinski definition) is 2. The molecule has 182 valence electrons. The van der Waals surface area contributed by atoms with Gasteiger partial charge in [-0.05, 0) is 61.9 Å². The third-order valence-corrected chi connectivity index (χ3v) is 7.77. The quantitative estimate of drug-likeness (QED) is 0.478. The number of nitrogens with zero attached hydrogens (tertiary/aromatic N) is 3. The Hall–Kier alpha value is -2.28. The van der Waals surface area contributed by atoms with Crippen molar-refractivity contribution in [2.45, 2.75) is 57.6 Å². The highest BCUT2D eigenvalue weighted by Gasteiger charge is 2.22. The van der Waals surface area contributed by atoms with Gasteiger partial charge in [0.25, 0.3) is 0 Å². The molecule has 1 saturated heterocycles. The van der Waals surface area contributed by atoms with Gasteiger partial charge in [0.15, 0.2) is 0 Å². The van der Waals surface area contributed by atoms with Crippen LogP contribution in [0.2, 0.25) is 5.02 Å². The molecule has 34 heavy (non-hydrogen) atoms. The summed E-state index contributed by atoms with van der Waals surface area (Å²) in [6.45, 7) is 3.18. The van der Waals surface area contributed by atoms with E-state index < -0.39 is 0 Å². The average Bonchev–Trinajstić information content (AvgIpc) is 3.31. The molecule has 1 aromatic carbocycles. The standard InChI is InChI=1S/C27H35ClN4O2/c1-34-26-12-20(18-33)23(14-24(26)28)25-17-32-11-9-22(13-27(32)30-25)31-10-5-8-21(16-31)29-15-19-6-3-2-4-7-19/h9,11-14,17,19,21,29,33H,2-8,10,15-16,18H2,1H3/t21-/m0/s1. The molecule has 0 amide bonds. The van der Waals surface area contributed by atoms with Crippen LogP contribution in [-0.4, -0.2) is 47.3 Å². The minimum Gasteiger partial charge on any atom is -0.495 e. The first-order valence-corrected chi connectivity index (χ1v) is 13.0. The Morgan fingerprint density at radius 2 is 2.00 bits per heavy atom. The molecule has 3 aromatic rings. The number of pyridine rings is 1. The van der Waals surface area contributed by atoms with E-state index in [4.69, 9.17) is 21.3 Å². The van der Waals surface area contributed by atoms with E-state index in [1.807, 2.05) is 16.7 Å². The van der Waals surface area contributed by atoms with E-state index >= 15 is 0 Å². The SMILES string of the molecule is COc1cc(CO)c(-c2cn3ccc(N4CCC[C@H](NCC5CCCCC5)C4)cc3n2)cc1Cl. The summed E-state index contributed by atoms with van der Waals surface area (Å²) in [7, 11) is 1.57. The summed E-state index contributed by atoms with van der Waals surface area (Å²) >= 11 is 6.37. The third-order valence-electron chi connectivity index (χ3n) is 7.47. The molecule has 6 nitrogen and oxygen atoms in total. The Labute approximate surface area is 206 Å². The summed E-state index contributed by atoms with van der Waals surface area (Å²) in [5, 5.41) is 14.3. The van der Waals surface area contributed by atoms with Gasteiger partial charge in [-0.1, -0.05) is 30.9 Å². The number of aliphatic hydroxyl groups is 1. The van der Waals surface area contributed by atoms with E-state index in [9.17, 15) is 5.11 Å². The maximum atomic E-state index is 9.89. The maximum Gasteiger partial charge on any atom is 0.139 e. The molecule has 7 heteroatoms. The van der Waals surface area contributed by atoms with Gasteiger partial charge in [-0.25, -0.2) is 4.98 Å². The number of anilines is 1. The van der Waals surface area contributed by atoms with E-state index in [0.717, 1.165) is 41.5 Å². The number of methoxy groups -OCH3 is 1. The fourth-order valence-corrected chi connectivity index (χ4v) is 5.76. The fraction of sp³-hybridized carbons (Fsp3) is 0.519. The molecule has 2 fully saturated rings. The third kappa shape index (κ3) is 5.04. The zero-order valence-corrected chi connectivity index (χ0v) is 20.7. The average molecular weight is 483 g/mol. The molecule has 3 heterocycles. The Balaban J connectivity index is 1.32. The second-order valence-electron chi connectivity index (χ2n) is 9.78. The highest BCUT2D eigenvalue weighted by atomic mass is 35.5. The van der Waals surface area contributed by atoms with Crippen LogP contribution in [0, 0.1) is 5.92 Å². The highest BCUT2D eigenvalue weighted by molar-refractivity contribution is 6.32. The first kappa shape index (κ1) is 23.5. The Kier molecular flexibility index (Phi) is 7.28. The Bertz CT molecular complexity index is 1130. The minimum atomic E-state index is -0.106. The van der Waals surface area contributed by atoms with Gasteiger partial charge in [0.1, 0.15) is 11.4 Å². The summed E-state index contributed by atoms with van der Waals surface area (Å²) in [5.41, 5.74) is 4.46. The van der Waals surface area contributed by atoms with E-state index in [1.54, 1.807) is 13.2 Å². The van der Waals surface area contributed by atoms with Crippen LogP contribution >= 0.6 is 11.6 Å². The van der Waals surface area contributed by atoms with Crippen LogP contribution in [0.5, 0.6) is 5.75 Å². The molecule has 2 N–H and O–H groups in total. The van der Waals surface area contributed by atoms with Gasteiger partial charge in [0.05, 0.1) is 24.4 Å². The number of fused-ring (bicyclic) bond motifs is 1. The smallest absolute Gasteiger partial charge is 0.139 e. The van der Waals surface area contributed by atoms with Crippen molar-refractivity contribution in [3.63, 3.8) is 0 Å². The number of piperidine rings is 1. The predicted octanol–water partition coefficient (Wildman–Crippen LogP) is 5.29. The number of aliphatic hydroxyl groups excluding tert-OH is 1. The minimum absolute atomic E-state index is 0.106. The van der Waals surface area contributed by atoms with Gasteiger partial charge >= 0.3 is 0 Å². The number of hydrogen-bond acceptors (Lipinski definition) is 5. The first-order valence-electron chi connectivity index (χ1n) is 12.6. The summed E-state index contributed by atoms with van der Waals surface area (Å²) < 4.78 is 7.33. The summed E-state index contributed by atoms with van der Waals surface area (Å²) in [4.78, 5) is 7.36. The van der Waals surface area contributed by atoms with E-state index in [0.29, 0.717) is 16.8 Å². The van der Waals surface area contributed by atoms with Crippen molar-refractivity contribution in [1.29, 1.82) is 0 Å². The van der Waals surface area contributed by atoms with Crippen molar-refractivity contribution >= 4 is 22.9 Å². The van der Waals surface area contributed by atoms with Crippen LogP contribution in [0.3, 0.4) is 0 Å². The molecule has 0 spiro atoms. The summed E-state index contributed by atoms with van der Waals surface area (Å²) in [6, 6.07) is 8.49. The molecule has 1 aliphatic carbocycles. The monoisotopic (exact) mass is 482 g/mol. The summed E-state index contributed by atoms with van der Waals surface area (Å²) in [5.74, 6) is 1.41. The van der Waals surface area contributed by atoms with E-state index in [1.165, 1.54) is 57.2 Å². The number of rotatable bonds is 7. The van der Waals surface area contributed by atoms with Crippen molar-refractivity contribution in [2.24, 2.45) is 5.92 Å². The molecule has 2 aromatic heterocycles. The van der Waals surface area contributed by atoms with E-state index in [2.05, 4.69) is 28.5 Å². The van der Waals surface area contributed by atoms with Crippen LogP contribution in [0.25, 0.3) is 16.9 Å². The lowest BCUT2D eigenvalue weighted by atomic mass is 9.89. The van der Waals surface area contributed by atoms with Crippen molar-refractivity contribution in [2.75, 3.05) is 31.6 Å². The van der Waals surface area contributed by atoms with Crippen molar-refractivity contribution in [3.8, 4) is 17.0 Å². The van der Waals surface area contributed by atoms with Crippen molar-refractivity contribution < 1.29 is 9.84 Å². The molecule has 1 aliphatic heterocycles. The zero-order chi connectivity index (χ0) is 23.5. The van der Waals surface area contributed by atoms with Crippen molar-refractivity contribution in [3.05, 3.63) is 47.2 Å². The number of imidazole rings is 1. The van der Waals surface area contributed by atoms with Crippen LogP contribution in [0.1, 0.15) is 50.5 Å². The van der Waals surface area contributed by atoms with Crippen LogP contribution < -0.4 is 15.0 Å². The zero-order valence-electron chi connectivity index (χ0n) is 20.0. The number of halogens is 1. The Morgan fingerprint density at radius 3 is 2.79 bits per heavy atom. The molecule has 0 radical (unpaired) electrons. The fourth-order valence-electron chi connectivity index (χ4n) is 5.52. The number of nitrogens with one attached hydrogen (secondary N) is 1. The van der Waals surface area contributed by atoms with Gasteiger partial charge in [-0.2, -0.15) is 0 Å². The first-order chi connectivity index (χ1) is 16.6. The Morgan fingerprint density at radius 1 is 1.15 bits per heavy atom.